The molecule has 1 saturated heterocycles. The molecule has 0 radical (unpaired) electrons. The second kappa shape index (κ2) is 8.25. The van der Waals surface area contributed by atoms with E-state index in [2.05, 4.69) is 36.9 Å². The monoisotopic (exact) mass is 395 g/mol. The minimum atomic E-state index is -0.835. The fourth-order valence-electron chi connectivity index (χ4n) is 4.60. The highest BCUT2D eigenvalue weighted by Crippen LogP contribution is 2.49. The van der Waals surface area contributed by atoms with Crippen molar-refractivity contribution >= 4 is 12.1 Å². The molecule has 1 heterocycles. The van der Waals surface area contributed by atoms with Crippen molar-refractivity contribution in [3.8, 4) is 0 Å². The molecule has 2 aliphatic carbocycles. The molecule has 6 nitrogen and oxygen atoms in total. The lowest BCUT2D eigenvalue weighted by Gasteiger charge is -2.25. The van der Waals surface area contributed by atoms with Crippen molar-refractivity contribution in [2.45, 2.75) is 30.4 Å². The highest BCUT2D eigenvalue weighted by Gasteiger charge is 2.43. The first-order valence-corrected chi connectivity index (χ1v) is 9.93. The first-order valence-electron chi connectivity index (χ1n) is 9.93. The van der Waals surface area contributed by atoms with Crippen LogP contribution in [0.5, 0.6) is 0 Å². The van der Waals surface area contributed by atoms with Crippen molar-refractivity contribution in [1.29, 1.82) is 0 Å². The van der Waals surface area contributed by atoms with Crippen molar-refractivity contribution in [2.75, 3.05) is 19.8 Å². The number of hydrogen-bond donors (Lipinski definition) is 1. The highest BCUT2D eigenvalue weighted by atomic mass is 16.6. The number of benzene rings is 1. The normalized spacial score (nSPS) is 29.3. The van der Waals surface area contributed by atoms with E-state index in [9.17, 15) is 14.7 Å². The molecule has 0 bridgehead atoms. The van der Waals surface area contributed by atoms with Gasteiger partial charge >= 0.3 is 12.1 Å². The third-order valence-electron chi connectivity index (χ3n) is 5.91. The molecule has 1 aromatic rings. The first kappa shape index (κ1) is 19.5. The summed E-state index contributed by atoms with van der Waals surface area (Å²) in [6, 6.07) is 7.41. The zero-order valence-corrected chi connectivity index (χ0v) is 16.1. The van der Waals surface area contributed by atoms with E-state index < -0.39 is 24.2 Å². The average Bonchev–Trinajstić information content (AvgIpc) is 3.29. The summed E-state index contributed by atoms with van der Waals surface area (Å²) in [7, 11) is 0. The highest BCUT2D eigenvalue weighted by molar-refractivity contribution is 5.82. The van der Waals surface area contributed by atoms with Crippen LogP contribution in [0.15, 0.2) is 61.2 Å². The lowest BCUT2D eigenvalue weighted by Crippen LogP contribution is -2.42. The van der Waals surface area contributed by atoms with E-state index in [0.717, 1.165) is 0 Å². The lowest BCUT2D eigenvalue weighted by atomic mass is 9.84. The zero-order chi connectivity index (χ0) is 20.4. The molecule has 0 aromatic heterocycles. The van der Waals surface area contributed by atoms with E-state index in [1.54, 1.807) is 0 Å². The van der Waals surface area contributed by atoms with E-state index in [1.807, 2.05) is 18.2 Å². The van der Waals surface area contributed by atoms with Gasteiger partial charge in [0.15, 0.2) is 0 Å². The number of likely N-dealkylation sites (tertiary alicyclic amines) is 1. The van der Waals surface area contributed by atoms with Crippen molar-refractivity contribution < 1.29 is 24.2 Å². The summed E-state index contributed by atoms with van der Waals surface area (Å²) in [5, 5.41) is 9.96. The van der Waals surface area contributed by atoms with Gasteiger partial charge in [-0.05, 0) is 17.0 Å². The maximum atomic E-state index is 12.7. The van der Waals surface area contributed by atoms with Crippen LogP contribution in [-0.2, 0) is 14.3 Å². The number of nitrogens with zero attached hydrogens (tertiary/aromatic N) is 1. The Morgan fingerprint density at radius 1 is 1.17 bits per heavy atom. The van der Waals surface area contributed by atoms with Gasteiger partial charge in [0.05, 0.1) is 12.6 Å². The number of ether oxygens (including phenoxy) is 2. The second-order valence-electron chi connectivity index (χ2n) is 7.66. The Bertz CT molecular complexity index is 861. The van der Waals surface area contributed by atoms with Gasteiger partial charge in [-0.2, -0.15) is 0 Å². The Morgan fingerprint density at radius 3 is 2.72 bits per heavy atom. The number of carbonyl (C=O) groups is 2. The van der Waals surface area contributed by atoms with Crippen LogP contribution in [0.3, 0.4) is 0 Å². The molecule has 6 heteroatoms. The predicted octanol–water partition coefficient (Wildman–Crippen LogP) is 2.91. The fraction of sp³-hybridized carbons (Fsp3) is 0.391. The maximum Gasteiger partial charge on any atom is 0.410 e. The Kier molecular flexibility index (Phi) is 5.53. The molecule has 1 aromatic carbocycles. The van der Waals surface area contributed by atoms with Gasteiger partial charge in [0.2, 0.25) is 0 Å². The number of hydrogen-bond acceptors (Lipinski definition) is 5. The average molecular weight is 395 g/mol. The van der Waals surface area contributed by atoms with Crippen LogP contribution in [-0.4, -0.2) is 54.0 Å². The maximum absolute atomic E-state index is 12.7. The third kappa shape index (κ3) is 3.72. The molecule has 1 fully saturated rings. The number of fused-ring (bicyclic) bond motifs is 3. The molecule has 5 atom stereocenters. The number of carbonyl (C=O) groups excluding carboxylic acids is 2. The third-order valence-corrected chi connectivity index (χ3v) is 5.91. The van der Waals surface area contributed by atoms with Crippen molar-refractivity contribution in [3.05, 3.63) is 72.4 Å². The van der Waals surface area contributed by atoms with Gasteiger partial charge < -0.3 is 14.6 Å². The first-order chi connectivity index (χ1) is 14.1. The van der Waals surface area contributed by atoms with Crippen LogP contribution in [0.4, 0.5) is 4.79 Å². The number of esters is 1. The van der Waals surface area contributed by atoms with Crippen LogP contribution >= 0.6 is 0 Å². The van der Waals surface area contributed by atoms with Gasteiger partial charge in [-0.1, -0.05) is 61.2 Å². The van der Waals surface area contributed by atoms with Crippen LogP contribution in [0.25, 0.3) is 0 Å². The smallest absolute Gasteiger partial charge is 0.410 e. The molecular formula is C23H25NO5. The predicted molar refractivity (Wildman–Crippen MR) is 107 cm³/mol. The quantitative estimate of drug-likeness (QED) is 0.613. The van der Waals surface area contributed by atoms with Gasteiger partial charge in [0, 0.05) is 18.3 Å². The standard InChI is InChI=1S/C23H25NO5/c1-2-11-28-22(26)21-12-15(25)13-24(21)23(27)29-14-20-18-9-5-3-7-16(18)17-8-4-6-10-19(17)20/h2-10,15-16,18,20-21,25H,1,11-14H2/t15?,16?,18?,20?,21-/m0/s1. The summed E-state index contributed by atoms with van der Waals surface area (Å²) in [6.07, 6.45) is 8.68. The number of rotatable bonds is 5. The number of aliphatic hydroxyl groups excluding tert-OH is 1. The van der Waals surface area contributed by atoms with E-state index >= 15 is 0 Å². The second-order valence-corrected chi connectivity index (χ2v) is 7.66. The van der Waals surface area contributed by atoms with Crippen LogP contribution in [0.2, 0.25) is 0 Å². The van der Waals surface area contributed by atoms with Crippen molar-refractivity contribution in [1.82, 2.24) is 4.90 Å². The molecule has 4 unspecified atom stereocenters. The number of amides is 1. The van der Waals surface area contributed by atoms with Crippen LogP contribution < -0.4 is 0 Å². The molecule has 0 saturated carbocycles. The fourth-order valence-corrected chi connectivity index (χ4v) is 4.60. The summed E-state index contributed by atoms with van der Waals surface area (Å²) in [5.41, 5.74) is 2.46. The molecule has 0 spiro atoms. The summed E-state index contributed by atoms with van der Waals surface area (Å²) >= 11 is 0. The molecule has 1 amide bonds. The van der Waals surface area contributed by atoms with Crippen molar-refractivity contribution in [3.63, 3.8) is 0 Å². The van der Waals surface area contributed by atoms with E-state index in [-0.39, 0.29) is 43.9 Å². The number of β-amino-alcohol motifs (C(OH)–C–C–N with tert-alkyl or cyclic N) is 1. The van der Waals surface area contributed by atoms with Gasteiger partial charge in [0.1, 0.15) is 19.3 Å². The number of allylic oxidation sites excluding steroid dienone is 4. The summed E-state index contributed by atoms with van der Waals surface area (Å²) in [6.45, 7) is 3.85. The number of aliphatic hydroxyl groups is 1. The van der Waals surface area contributed by atoms with E-state index in [1.165, 1.54) is 22.1 Å². The minimum absolute atomic E-state index is 0.0556. The zero-order valence-electron chi connectivity index (χ0n) is 16.1. The Balaban J connectivity index is 1.45. The molecular weight excluding hydrogens is 370 g/mol. The topological polar surface area (TPSA) is 76.1 Å². The van der Waals surface area contributed by atoms with Gasteiger partial charge in [-0.25, -0.2) is 9.59 Å². The summed E-state index contributed by atoms with van der Waals surface area (Å²) in [4.78, 5) is 26.2. The molecule has 1 aliphatic heterocycles. The Labute approximate surface area is 170 Å². The minimum Gasteiger partial charge on any atom is -0.460 e. The van der Waals surface area contributed by atoms with Crippen molar-refractivity contribution in [2.24, 2.45) is 5.92 Å². The SMILES string of the molecule is C=CCOC(=O)[C@@H]1CC(O)CN1C(=O)OCC1c2ccccc2C2C=CC=CC21. The Hall–Kier alpha value is -2.86. The van der Waals surface area contributed by atoms with Gasteiger partial charge in [-0.15, -0.1) is 0 Å². The Morgan fingerprint density at radius 2 is 1.93 bits per heavy atom. The lowest BCUT2D eigenvalue weighted by molar-refractivity contribution is -0.147. The van der Waals surface area contributed by atoms with E-state index in [0.29, 0.717) is 0 Å². The molecule has 29 heavy (non-hydrogen) atoms. The van der Waals surface area contributed by atoms with E-state index in [4.69, 9.17) is 9.47 Å². The molecule has 3 aliphatic rings. The van der Waals surface area contributed by atoms with Gasteiger partial charge in [0.25, 0.3) is 0 Å². The van der Waals surface area contributed by atoms with Crippen LogP contribution in [0.1, 0.15) is 29.4 Å². The summed E-state index contributed by atoms with van der Waals surface area (Å²) in [5.74, 6) is 0.0305. The molecule has 152 valence electrons. The molecule has 1 N–H and O–H groups in total. The van der Waals surface area contributed by atoms with Gasteiger partial charge in [-0.3, -0.25) is 4.90 Å². The van der Waals surface area contributed by atoms with Crippen LogP contribution in [0, 0.1) is 5.92 Å². The largest absolute Gasteiger partial charge is 0.460 e. The molecule has 4 rings (SSSR count). The summed E-state index contributed by atoms with van der Waals surface area (Å²) < 4.78 is 10.7.